The van der Waals surface area contributed by atoms with Crippen LogP contribution in [0.25, 0.3) is 0 Å². The van der Waals surface area contributed by atoms with Gasteiger partial charge in [0.1, 0.15) is 23.0 Å². The predicted molar refractivity (Wildman–Crippen MR) is 152 cm³/mol. The first-order valence-corrected chi connectivity index (χ1v) is 13.9. The van der Waals surface area contributed by atoms with Crippen molar-refractivity contribution in [3.05, 3.63) is 118 Å². The highest BCUT2D eigenvalue weighted by Gasteiger charge is 2.50. The van der Waals surface area contributed by atoms with Crippen LogP contribution in [0.4, 0.5) is 14.5 Å². The molecule has 0 aromatic heterocycles. The topological polar surface area (TPSA) is 68.2 Å². The maximum Gasteiger partial charge on any atom is 0.233 e. The van der Waals surface area contributed by atoms with Crippen molar-refractivity contribution < 1.29 is 32.9 Å². The van der Waals surface area contributed by atoms with E-state index in [1.54, 1.807) is 24.1 Å². The molecule has 4 aromatic rings. The summed E-state index contributed by atoms with van der Waals surface area (Å²) in [4.78, 5) is 15.5. The SMILES string of the molecule is COc1ccc(N2C(=O)[C@H](CCC(O)(c3ccc(F)cc3)c3ccc(F)cc3)[C@H]2c2cc3c(cc2Br)OCO3)cc1. The number of amides is 1. The molecule has 2 aliphatic heterocycles. The molecule has 2 atom stereocenters. The van der Waals surface area contributed by atoms with Gasteiger partial charge in [-0.2, -0.15) is 0 Å². The van der Waals surface area contributed by atoms with Crippen molar-refractivity contribution >= 4 is 27.5 Å². The average Bonchev–Trinajstić information content (AvgIpc) is 3.43. The molecule has 0 unspecified atom stereocenters. The molecule has 41 heavy (non-hydrogen) atoms. The second-order valence-corrected chi connectivity index (χ2v) is 11.0. The fraction of sp³-hybridized carbons (Fsp3) is 0.219. The van der Waals surface area contributed by atoms with Gasteiger partial charge in [0.05, 0.1) is 19.1 Å². The van der Waals surface area contributed by atoms with Crippen LogP contribution in [0.3, 0.4) is 0 Å². The van der Waals surface area contributed by atoms with Gasteiger partial charge in [0.2, 0.25) is 12.7 Å². The Labute approximate surface area is 244 Å². The number of fused-ring (bicyclic) bond motifs is 1. The molecule has 1 N–H and O–H groups in total. The molecule has 210 valence electrons. The summed E-state index contributed by atoms with van der Waals surface area (Å²) in [6.07, 6.45) is 0.429. The normalized spacial score (nSPS) is 17.9. The number of benzene rings is 4. The number of carbonyl (C=O) groups is 1. The number of ether oxygens (including phenoxy) is 3. The molecule has 6 nitrogen and oxygen atoms in total. The number of carbonyl (C=O) groups excluding carboxylic acids is 1. The number of β-lactam (4-membered cyclic amide) rings is 1. The Bertz CT molecular complexity index is 1530. The van der Waals surface area contributed by atoms with Crippen LogP contribution in [0.15, 0.2) is 89.4 Å². The lowest BCUT2D eigenvalue weighted by Gasteiger charge is -2.48. The summed E-state index contributed by atoms with van der Waals surface area (Å²) in [7, 11) is 1.58. The number of halogens is 3. The molecule has 0 saturated carbocycles. The van der Waals surface area contributed by atoms with E-state index in [9.17, 15) is 18.7 Å². The Kier molecular flexibility index (Phi) is 7.17. The van der Waals surface area contributed by atoms with Gasteiger partial charge >= 0.3 is 0 Å². The zero-order valence-corrected chi connectivity index (χ0v) is 23.6. The quantitative estimate of drug-likeness (QED) is 0.217. The fourth-order valence-corrected chi connectivity index (χ4v) is 6.20. The minimum Gasteiger partial charge on any atom is -0.497 e. The molecule has 0 aliphatic carbocycles. The smallest absolute Gasteiger partial charge is 0.233 e. The second-order valence-electron chi connectivity index (χ2n) is 10.1. The first-order chi connectivity index (χ1) is 19.8. The lowest BCUT2D eigenvalue weighted by atomic mass is 9.74. The number of rotatable bonds is 8. The molecular weight excluding hydrogens is 596 g/mol. The van der Waals surface area contributed by atoms with E-state index in [0.717, 1.165) is 10.0 Å². The van der Waals surface area contributed by atoms with Crippen LogP contribution in [-0.4, -0.2) is 24.9 Å². The van der Waals surface area contributed by atoms with Crippen LogP contribution in [0, 0.1) is 17.6 Å². The van der Waals surface area contributed by atoms with Gasteiger partial charge in [0, 0.05) is 10.2 Å². The number of anilines is 1. The van der Waals surface area contributed by atoms with Gasteiger partial charge in [0.15, 0.2) is 11.5 Å². The van der Waals surface area contributed by atoms with Crippen LogP contribution >= 0.6 is 15.9 Å². The highest BCUT2D eigenvalue weighted by molar-refractivity contribution is 9.10. The van der Waals surface area contributed by atoms with Gasteiger partial charge < -0.3 is 24.2 Å². The maximum atomic E-state index is 13.8. The molecule has 2 aliphatic rings. The van der Waals surface area contributed by atoms with E-state index in [0.29, 0.717) is 40.5 Å². The maximum absolute atomic E-state index is 13.8. The highest BCUT2D eigenvalue weighted by Crippen LogP contribution is 2.51. The summed E-state index contributed by atoms with van der Waals surface area (Å²) in [5.41, 5.74) is 0.852. The third-order valence-electron chi connectivity index (χ3n) is 7.84. The van der Waals surface area contributed by atoms with Crippen molar-refractivity contribution in [2.24, 2.45) is 5.92 Å². The number of methoxy groups -OCH3 is 1. The van der Waals surface area contributed by atoms with Crippen molar-refractivity contribution in [1.29, 1.82) is 0 Å². The van der Waals surface area contributed by atoms with Gasteiger partial charge in [-0.3, -0.25) is 4.79 Å². The third-order valence-corrected chi connectivity index (χ3v) is 8.52. The minimum atomic E-state index is -1.58. The Morgan fingerprint density at radius 3 is 2.05 bits per heavy atom. The van der Waals surface area contributed by atoms with Crippen molar-refractivity contribution in [2.45, 2.75) is 24.5 Å². The zero-order valence-electron chi connectivity index (χ0n) is 22.0. The summed E-state index contributed by atoms with van der Waals surface area (Å²) in [6, 6.07) is 21.7. The molecule has 1 amide bonds. The summed E-state index contributed by atoms with van der Waals surface area (Å²) in [5.74, 6) is 0.389. The summed E-state index contributed by atoms with van der Waals surface area (Å²) >= 11 is 3.66. The first kappa shape index (κ1) is 27.2. The van der Waals surface area contributed by atoms with Crippen molar-refractivity contribution in [2.75, 3.05) is 18.8 Å². The Morgan fingerprint density at radius 1 is 0.927 bits per heavy atom. The summed E-state index contributed by atoms with van der Waals surface area (Å²) in [5, 5.41) is 12.0. The molecule has 1 saturated heterocycles. The van der Waals surface area contributed by atoms with Crippen molar-refractivity contribution in [3.8, 4) is 17.2 Å². The minimum absolute atomic E-state index is 0.106. The Balaban J connectivity index is 1.37. The lowest BCUT2D eigenvalue weighted by Crippen LogP contribution is -2.55. The molecule has 6 rings (SSSR count). The third kappa shape index (κ3) is 4.93. The number of aliphatic hydroxyl groups is 1. The molecular formula is C32H26BrF2NO5. The van der Waals surface area contributed by atoms with Gasteiger partial charge in [-0.05, 0) is 90.2 Å². The summed E-state index contributed by atoms with van der Waals surface area (Å²) in [6.45, 7) is 0.114. The van der Waals surface area contributed by atoms with Crippen LogP contribution in [0.5, 0.6) is 17.2 Å². The molecule has 0 spiro atoms. The van der Waals surface area contributed by atoms with Crippen LogP contribution in [0.2, 0.25) is 0 Å². The van der Waals surface area contributed by atoms with Gasteiger partial charge in [-0.15, -0.1) is 0 Å². The highest BCUT2D eigenvalue weighted by atomic mass is 79.9. The standard InChI is InChI=1S/C32H26BrF2NO5/c1-39-24-12-10-23(11-13-24)36-30(26-16-28-29(17-27(26)33)41-18-40-28)25(31(36)37)14-15-32(38,19-2-6-21(34)7-3-19)20-4-8-22(35)9-5-20/h2-13,16-17,25,30,38H,14-15,18H2,1H3/t25-,30+/m1/s1. The van der Waals surface area contributed by atoms with E-state index in [1.165, 1.54) is 48.5 Å². The average molecular weight is 622 g/mol. The number of hydrogen-bond acceptors (Lipinski definition) is 5. The van der Waals surface area contributed by atoms with E-state index in [-0.39, 0.29) is 25.2 Å². The van der Waals surface area contributed by atoms with E-state index in [1.807, 2.05) is 24.3 Å². The monoisotopic (exact) mass is 621 g/mol. The fourth-order valence-electron chi connectivity index (χ4n) is 5.65. The van der Waals surface area contributed by atoms with E-state index in [2.05, 4.69) is 15.9 Å². The van der Waals surface area contributed by atoms with E-state index >= 15 is 0 Å². The largest absolute Gasteiger partial charge is 0.497 e. The van der Waals surface area contributed by atoms with Crippen molar-refractivity contribution in [1.82, 2.24) is 0 Å². The van der Waals surface area contributed by atoms with Crippen LogP contribution in [0.1, 0.15) is 35.6 Å². The van der Waals surface area contributed by atoms with Crippen LogP contribution in [-0.2, 0) is 10.4 Å². The molecule has 9 heteroatoms. The van der Waals surface area contributed by atoms with Gasteiger partial charge in [-0.25, -0.2) is 8.78 Å². The summed E-state index contributed by atoms with van der Waals surface area (Å²) < 4.78 is 44.7. The second kappa shape index (κ2) is 10.8. The van der Waals surface area contributed by atoms with E-state index in [4.69, 9.17) is 14.2 Å². The van der Waals surface area contributed by atoms with Gasteiger partial charge in [0.25, 0.3) is 0 Å². The molecule has 1 fully saturated rings. The molecule has 0 bridgehead atoms. The van der Waals surface area contributed by atoms with Crippen LogP contribution < -0.4 is 19.1 Å². The number of hydrogen-bond donors (Lipinski definition) is 1. The lowest BCUT2D eigenvalue weighted by molar-refractivity contribution is -0.131. The Hall–Kier alpha value is -3.95. The zero-order chi connectivity index (χ0) is 28.7. The van der Waals surface area contributed by atoms with Crippen molar-refractivity contribution in [3.63, 3.8) is 0 Å². The Morgan fingerprint density at radius 2 is 1.49 bits per heavy atom. The first-order valence-electron chi connectivity index (χ1n) is 13.1. The van der Waals surface area contributed by atoms with Gasteiger partial charge in [-0.1, -0.05) is 40.2 Å². The predicted octanol–water partition coefficient (Wildman–Crippen LogP) is 6.89. The number of nitrogens with zero attached hydrogens (tertiary/aromatic N) is 1. The molecule has 2 heterocycles. The molecule has 4 aromatic carbocycles. The van der Waals surface area contributed by atoms with E-state index < -0.39 is 23.2 Å². The molecule has 0 radical (unpaired) electrons.